The van der Waals surface area contributed by atoms with Crippen molar-refractivity contribution in [3.63, 3.8) is 0 Å². The fourth-order valence-corrected chi connectivity index (χ4v) is 2.59. The number of hydrogen-bond donors (Lipinski definition) is 0. The van der Waals surface area contributed by atoms with Crippen molar-refractivity contribution in [1.82, 2.24) is 4.98 Å². The number of rotatable bonds is 2. The summed E-state index contributed by atoms with van der Waals surface area (Å²) in [4.78, 5) is 4.60. The first-order valence-corrected chi connectivity index (χ1v) is 6.10. The first kappa shape index (κ1) is 10.4. The fourth-order valence-electron chi connectivity index (χ4n) is 1.70. The van der Waals surface area contributed by atoms with Crippen molar-refractivity contribution in [2.45, 2.75) is 27.2 Å². The minimum atomic E-state index is 1.02. The van der Waals surface area contributed by atoms with Crippen LogP contribution in [0.4, 0.5) is 0 Å². The molecule has 0 saturated heterocycles. The monoisotopic (exact) mass is 217 g/mol. The third kappa shape index (κ3) is 2.26. The summed E-state index contributed by atoms with van der Waals surface area (Å²) in [6.45, 7) is 6.40. The van der Waals surface area contributed by atoms with Gasteiger partial charge in [0.2, 0.25) is 0 Å². The average molecular weight is 217 g/mol. The van der Waals surface area contributed by atoms with Crippen molar-refractivity contribution in [1.29, 1.82) is 0 Å². The predicted molar refractivity (Wildman–Crippen MR) is 66.4 cm³/mol. The zero-order chi connectivity index (χ0) is 10.8. The summed E-state index contributed by atoms with van der Waals surface area (Å²) >= 11 is 1.73. The van der Waals surface area contributed by atoms with Gasteiger partial charge >= 0.3 is 0 Å². The first-order valence-electron chi connectivity index (χ1n) is 5.22. The van der Waals surface area contributed by atoms with Gasteiger partial charge in [0.15, 0.2) is 0 Å². The molecule has 0 aliphatic rings. The van der Waals surface area contributed by atoms with Crippen molar-refractivity contribution in [3.05, 3.63) is 40.4 Å². The summed E-state index contributed by atoms with van der Waals surface area (Å²) in [7, 11) is 0. The molecule has 0 radical (unpaired) electrons. The Bertz CT molecular complexity index is 451. The molecule has 0 spiro atoms. The fraction of sp³-hybridized carbons (Fsp3) is 0.308. The minimum absolute atomic E-state index is 1.02. The van der Waals surface area contributed by atoms with E-state index in [1.807, 2.05) is 0 Å². The van der Waals surface area contributed by atoms with E-state index in [-0.39, 0.29) is 0 Å². The van der Waals surface area contributed by atoms with Gasteiger partial charge in [-0.2, -0.15) is 0 Å². The summed E-state index contributed by atoms with van der Waals surface area (Å²) in [5, 5.41) is 3.28. The van der Waals surface area contributed by atoms with Crippen LogP contribution in [0.15, 0.2) is 23.6 Å². The molecule has 0 atom stereocenters. The summed E-state index contributed by atoms with van der Waals surface area (Å²) in [5.74, 6) is 0. The normalized spacial score (nSPS) is 10.6. The highest BCUT2D eigenvalue weighted by atomic mass is 32.1. The molecule has 2 aromatic rings. The molecule has 2 heteroatoms. The Morgan fingerprint density at radius 1 is 1.13 bits per heavy atom. The molecule has 0 N–H and O–H groups in total. The van der Waals surface area contributed by atoms with Gasteiger partial charge in [-0.05, 0) is 32.4 Å². The highest BCUT2D eigenvalue weighted by Gasteiger charge is 2.04. The minimum Gasteiger partial charge on any atom is -0.241 e. The summed E-state index contributed by atoms with van der Waals surface area (Å²) < 4.78 is 0. The van der Waals surface area contributed by atoms with Crippen LogP contribution in [-0.4, -0.2) is 4.98 Å². The molecule has 1 nitrogen and oxygen atoms in total. The van der Waals surface area contributed by atoms with Gasteiger partial charge in [0, 0.05) is 10.9 Å². The van der Waals surface area contributed by atoms with Crippen LogP contribution in [0.3, 0.4) is 0 Å². The topological polar surface area (TPSA) is 12.9 Å². The Hall–Kier alpha value is -1.15. The molecule has 0 aliphatic carbocycles. The predicted octanol–water partition coefficient (Wildman–Crippen LogP) is 3.99. The number of thiazole rings is 1. The lowest BCUT2D eigenvalue weighted by molar-refractivity contribution is 1.07. The maximum atomic E-state index is 4.60. The largest absolute Gasteiger partial charge is 0.241 e. The maximum absolute atomic E-state index is 4.60. The van der Waals surface area contributed by atoms with E-state index in [1.165, 1.54) is 22.4 Å². The van der Waals surface area contributed by atoms with E-state index in [1.54, 1.807) is 11.3 Å². The van der Waals surface area contributed by atoms with Gasteiger partial charge in [-0.15, -0.1) is 11.3 Å². The Morgan fingerprint density at radius 3 is 2.33 bits per heavy atom. The van der Waals surface area contributed by atoms with E-state index in [9.17, 15) is 0 Å². The molecule has 15 heavy (non-hydrogen) atoms. The molecule has 2 rings (SSSR count). The van der Waals surface area contributed by atoms with Crippen molar-refractivity contribution in [3.8, 4) is 10.6 Å². The van der Waals surface area contributed by atoms with Crippen LogP contribution in [0.1, 0.15) is 23.7 Å². The Morgan fingerprint density at radius 2 is 1.80 bits per heavy atom. The van der Waals surface area contributed by atoms with Crippen LogP contribution >= 0.6 is 11.3 Å². The number of benzene rings is 1. The van der Waals surface area contributed by atoms with E-state index in [2.05, 4.69) is 49.3 Å². The number of nitrogens with zero attached hydrogens (tertiary/aromatic N) is 1. The third-order valence-electron chi connectivity index (χ3n) is 2.38. The second-order valence-electron chi connectivity index (χ2n) is 3.87. The van der Waals surface area contributed by atoms with Crippen LogP contribution in [-0.2, 0) is 6.42 Å². The first-order chi connectivity index (χ1) is 7.19. The second-order valence-corrected chi connectivity index (χ2v) is 4.73. The Balaban J connectivity index is 2.44. The van der Waals surface area contributed by atoms with Crippen LogP contribution in [0.25, 0.3) is 10.6 Å². The van der Waals surface area contributed by atoms with E-state index in [0.717, 1.165) is 11.4 Å². The van der Waals surface area contributed by atoms with Crippen molar-refractivity contribution >= 4 is 11.3 Å². The molecular weight excluding hydrogens is 202 g/mol. The highest BCUT2D eigenvalue weighted by Crippen LogP contribution is 2.25. The standard InChI is InChI=1S/C13H15NS/c1-4-12-8-15-13(14-12)11-6-9(2)5-10(3)7-11/h5-8H,4H2,1-3H3. The lowest BCUT2D eigenvalue weighted by atomic mass is 10.1. The van der Waals surface area contributed by atoms with E-state index in [0.29, 0.717) is 0 Å². The lowest BCUT2D eigenvalue weighted by Gasteiger charge is -2.01. The van der Waals surface area contributed by atoms with Gasteiger partial charge in [0.1, 0.15) is 5.01 Å². The molecular formula is C13H15NS. The Labute approximate surface area is 94.8 Å². The summed E-state index contributed by atoms with van der Waals surface area (Å²) in [6.07, 6.45) is 1.02. The quantitative estimate of drug-likeness (QED) is 0.741. The molecule has 0 aliphatic heterocycles. The second kappa shape index (κ2) is 4.15. The van der Waals surface area contributed by atoms with Crippen molar-refractivity contribution in [2.75, 3.05) is 0 Å². The molecule has 0 saturated carbocycles. The van der Waals surface area contributed by atoms with E-state index >= 15 is 0 Å². The van der Waals surface area contributed by atoms with Gasteiger partial charge in [-0.3, -0.25) is 0 Å². The smallest absolute Gasteiger partial charge is 0.123 e. The van der Waals surface area contributed by atoms with Crippen molar-refractivity contribution < 1.29 is 0 Å². The summed E-state index contributed by atoms with van der Waals surface area (Å²) in [6, 6.07) is 6.59. The van der Waals surface area contributed by atoms with Crippen LogP contribution in [0.2, 0.25) is 0 Å². The van der Waals surface area contributed by atoms with Crippen molar-refractivity contribution in [2.24, 2.45) is 0 Å². The molecule has 1 heterocycles. The SMILES string of the molecule is CCc1csc(-c2cc(C)cc(C)c2)n1. The summed E-state index contributed by atoms with van der Waals surface area (Å²) in [5.41, 5.74) is 5.04. The zero-order valence-electron chi connectivity index (χ0n) is 9.37. The molecule has 0 fully saturated rings. The van der Waals surface area contributed by atoms with Gasteiger partial charge in [0.05, 0.1) is 5.69 Å². The molecule has 0 unspecified atom stereocenters. The lowest BCUT2D eigenvalue weighted by Crippen LogP contribution is -1.83. The van der Waals surface area contributed by atoms with Crippen LogP contribution in [0.5, 0.6) is 0 Å². The van der Waals surface area contributed by atoms with Gasteiger partial charge < -0.3 is 0 Å². The van der Waals surface area contributed by atoms with Crippen LogP contribution < -0.4 is 0 Å². The van der Waals surface area contributed by atoms with Gasteiger partial charge in [-0.25, -0.2) is 4.98 Å². The molecule has 78 valence electrons. The van der Waals surface area contributed by atoms with Gasteiger partial charge in [-0.1, -0.05) is 24.1 Å². The third-order valence-corrected chi connectivity index (χ3v) is 3.32. The van der Waals surface area contributed by atoms with E-state index in [4.69, 9.17) is 0 Å². The van der Waals surface area contributed by atoms with Gasteiger partial charge in [0.25, 0.3) is 0 Å². The number of aryl methyl sites for hydroxylation is 3. The Kier molecular flexibility index (Phi) is 2.87. The maximum Gasteiger partial charge on any atom is 0.123 e. The molecule has 0 amide bonds. The average Bonchev–Trinajstić information content (AvgIpc) is 2.64. The highest BCUT2D eigenvalue weighted by molar-refractivity contribution is 7.13. The molecule has 1 aromatic carbocycles. The molecule has 1 aromatic heterocycles. The zero-order valence-corrected chi connectivity index (χ0v) is 10.2. The molecule has 0 bridgehead atoms. The van der Waals surface area contributed by atoms with Crippen LogP contribution in [0, 0.1) is 13.8 Å². The number of hydrogen-bond acceptors (Lipinski definition) is 2. The number of aromatic nitrogens is 1. The van der Waals surface area contributed by atoms with E-state index < -0.39 is 0 Å².